The number of nitrogens with zero attached hydrogens (tertiary/aromatic N) is 1. The molecule has 4 rings (SSSR count). The first-order valence-electron chi connectivity index (χ1n) is 7.43. The third kappa shape index (κ3) is 2.42. The molecule has 1 N–H and O–H groups in total. The summed E-state index contributed by atoms with van der Waals surface area (Å²) in [5.74, 6) is 0. The predicted octanol–water partition coefficient (Wildman–Crippen LogP) is 1.42. The zero-order valence-electron chi connectivity index (χ0n) is 12.1. The molecule has 3 nitrogen and oxygen atoms in total. The molecule has 5 heteroatoms. The van der Waals surface area contributed by atoms with Crippen molar-refractivity contribution in [2.75, 3.05) is 11.4 Å². The van der Waals surface area contributed by atoms with E-state index in [-0.39, 0.29) is 0 Å². The minimum atomic E-state index is -1.77. The molecule has 1 unspecified atom stereocenters. The fourth-order valence-corrected chi connectivity index (χ4v) is 5.86. The van der Waals surface area contributed by atoms with Crippen LogP contribution < -0.4 is 13.8 Å². The van der Waals surface area contributed by atoms with Crippen LogP contribution in [-0.2, 0) is 17.5 Å². The van der Waals surface area contributed by atoms with Gasteiger partial charge in [-0.25, -0.2) is 0 Å². The van der Waals surface area contributed by atoms with Gasteiger partial charge in [0, 0.05) is 0 Å². The van der Waals surface area contributed by atoms with E-state index in [1.807, 2.05) is 6.07 Å². The summed E-state index contributed by atoms with van der Waals surface area (Å²) in [5.41, 5.74) is 2.49. The Hall–Kier alpha value is -1.13. The Labute approximate surface area is 139 Å². The summed E-state index contributed by atoms with van der Waals surface area (Å²) in [6.07, 6.45) is 2.63. The predicted molar refractivity (Wildman–Crippen MR) is 91.7 cm³/mol. The van der Waals surface area contributed by atoms with Gasteiger partial charge in [0.05, 0.1) is 0 Å². The zero-order chi connectivity index (χ0) is 15.2. The van der Waals surface area contributed by atoms with E-state index in [1.54, 1.807) is 0 Å². The van der Waals surface area contributed by atoms with Crippen molar-refractivity contribution in [2.45, 2.75) is 24.1 Å². The number of rotatable bonds is 4. The molecule has 1 fully saturated rings. The molecule has 1 heterocycles. The molecule has 1 aliphatic carbocycles. The Morgan fingerprint density at radius 2 is 1.86 bits per heavy atom. The Bertz CT molecular complexity index is 731. The van der Waals surface area contributed by atoms with Crippen LogP contribution in [0.25, 0.3) is 0 Å². The van der Waals surface area contributed by atoms with E-state index in [0.717, 1.165) is 31.5 Å². The van der Waals surface area contributed by atoms with Gasteiger partial charge in [0.1, 0.15) is 0 Å². The van der Waals surface area contributed by atoms with Crippen LogP contribution in [0, 0.1) is 0 Å². The molecule has 0 amide bonds. The molecule has 0 aromatic heterocycles. The molecule has 0 spiro atoms. The molecule has 2 aromatic rings. The molecular weight excluding hydrogens is 361 g/mol. The first-order valence-corrected chi connectivity index (χ1v) is 10.3. The van der Waals surface area contributed by atoms with Crippen LogP contribution in [0.15, 0.2) is 48.5 Å². The van der Waals surface area contributed by atoms with Gasteiger partial charge in [0.15, 0.2) is 0 Å². The summed E-state index contributed by atoms with van der Waals surface area (Å²) < 4.78 is 24.0. The van der Waals surface area contributed by atoms with Crippen LogP contribution in [0.2, 0.25) is 0 Å². The zero-order valence-corrected chi connectivity index (χ0v) is 14.6. The van der Waals surface area contributed by atoms with Crippen molar-refractivity contribution in [3.63, 3.8) is 0 Å². The molecule has 1 atom stereocenters. The number of anilines is 1. The third-order valence-electron chi connectivity index (χ3n) is 4.42. The summed E-state index contributed by atoms with van der Waals surface area (Å²) in [5, 5.41) is 0. The summed E-state index contributed by atoms with van der Waals surface area (Å²) in [6, 6.07) is 17.2. The van der Waals surface area contributed by atoms with Crippen LogP contribution in [0.3, 0.4) is 0 Å². The van der Waals surface area contributed by atoms with Gasteiger partial charge in [-0.05, 0) is 0 Å². The van der Waals surface area contributed by atoms with Gasteiger partial charge in [-0.3, -0.25) is 0 Å². The molecule has 0 saturated heterocycles. The molecule has 0 bridgehead atoms. The summed E-state index contributed by atoms with van der Waals surface area (Å²) >= 11 is -1.45. The summed E-state index contributed by atoms with van der Waals surface area (Å²) in [7, 11) is 0. The van der Waals surface area contributed by atoms with Gasteiger partial charge in [-0.2, -0.15) is 0 Å². The maximum atomic E-state index is 11.7. The van der Waals surface area contributed by atoms with Crippen molar-refractivity contribution in [3.05, 3.63) is 54.1 Å². The van der Waals surface area contributed by atoms with E-state index < -0.39 is 16.0 Å². The Morgan fingerprint density at radius 3 is 2.55 bits per heavy atom. The van der Waals surface area contributed by atoms with E-state index in [1.165, 1.54) is 14.5 Å². The van der Waals surface area contributed by atoms with Gasteiger partial charge in [0.25, 0.3) is 0 Å². The van der Waals surface area contributed by atoms with Gasteiger partial charge >= 0.3 is 139 Å². The second-order valence-corrected chi connectivity index (χ2v) is 9.47. The third-order valence-corrected chi connectivity index (χ3v) is 7.79. The second kappa shape index (κ2) is 5.50. The molecule has 0 radical (unpaired) electrons. The van der Waals surface area contributed by atoms with Crippen molar-refractivity contribution >= 4 is 40.6 Å². The van der Waals surface area contributed by atoms with Crippen molar-refractivity contribution in [3.8, 4) is 0 Å². The van der Waals surface area contributed by atoms with E-state index in [9.17, 15) is 8.76 Å². The SMILES string of the molecule is O=S(O)C1(N2CCc3cc([Se]c4ccccc4)ccc32)CC1. The second-order valence-electron chi connectivity index (χ2n) is 5.80. The molecule has 22 heavy (non-hydrogen) atoms. The maximum absolute atomic E-state index is 11.7. The Kier molecular flexibility index (Phi) is 3.61. The van der Waals surface area contributed by atoms with Crippen molar-refractivity contribution in [2.24, 2.45) is 0 Å². The molecule has 114 valence electrons. The summed E-state index contributed by atoms with van der Waals surface area (Å²) in [4.78, 5) is 1.66. The fraction of sp³-hybridized carbons (Fsp3) is 0.294. The topological polar surface area (TPSA) is 40.5 Å². The van der Waals surface area contributed by atoms with Gasteiger partial charge < -0.3 is 0 Å². The van der Waals surface area contributed by atoms with E-state index >= 15 is 0 Å². The molecule has 2 aliphatic rings. The number of hydrogen-bond acceptors (Lipinski definition) is 2. The van der Waals surface area contributed by atoms with Crippen molar-refractivity contribution in [1.82, 2.24) is 0 Å². The van der Waals surface area contributed by atoms with Crippen LogP contribution in [0.4, 0.5) is 5.69 Å². The first kappa shape index (κ1) is 14.5. The van der Waals surface area contributed by atoms with Gasteiger partial charge in [-0.15, -0.1) is 0 Å². The van der Waals surface area contributed by atoms with E-state index in [2.05, 4.69) is 47.4 Å². The van der Waals surface area contributed by atoms with E-state index in [4.69, 9.17) is 0 Å². The summed E-state index contributed by atoms with van der Waals surface area (Å²) in [6.45, 7) is 0.865. The quantitative estimate of drug-likeness (QED) is 0.646. The van der Waals surface area contributed by atoms with Gasteiger partial charge in [-0.1, -0.05) is 0 Å². The van der Waals surface area contributed by atoms with Crippen LogP contribution >= 0.6 is 0 Å². The number of hydrogen-bond donors (Lipinski definition) is 1. The normalized spacial score (nSPS) is 19.8. The number of fused-ring (bicyclic) bond motifs is 1. The standard InChI is InChI=1S/C17H17NO2SSe/c19-21(20)17(9-10-17)18-11-8-13-12-15(6-7-16(13)18)22-14-4-2-1-3-5-14/h1-7,12H,8-11H2,(H,19,20). The monoisotopic (exact) mass is 379 g/mol. The first-order chi connectivity index (χ1) is 10.7. The number of benzene rings is 2. The minimum absolute atomic E-state index is 0.320. The van der Waals surface area contributed by atoms with Gasteiger partial charge in [0.2, 0.25) is 0 Å². The average Bonchev–Trinajstić information content (AvgIpc) is 3.23. The molecule has 1 saturated carbocycles. The fourth-order valence-electron chi connectivity index (χ4n) is 3.14. The Morgan fingerprint density at radius 1 is 1.09 bits per heavy atom. The molecule has 2 aromatic carbocycles. The van der Waals surface area contributed by atoms with E-state index in [0.29, 0.717) is 15.0 Å². The molecule has 1 aliphatic heterocycles. The van der Waals surface area contributed by atoms with Crippen LogP contribution in [-0.4, -0.2) is 35.1 Å². The Balaban J connectivity index is 1.60. The average molecular weight is 378 g/mol. The van der Waals surface area contributed by atoms with Crippen molar-refractivity contribution < 1.29 is 8.76 Å². The van der Waals surface area contributed by atoms with Crippen molar-refractivity contribution in [1.29, 1.82) is 0 Å². The molecular formula is C17H17NO2SSe. The van der Waals surface area contributed by atoms with Crippen LogP contribution in [0.1, 0.15) is 18.4 Å². The van der Waals surface area contributed by atoms with Crippen LogP contribution in [0.5, 0.6) is 0 Å².